The van der Waals surface area contributed by atoms with Gasteiger partial charge < -0.3 is 33.8 Å². The highest BCUT2D eigenvalue weighted by Crippen LogP contribution is 2.45. The van der Waals surface area contributed by atoms with Crippen molar-refractivity contribution in [3.05, 3.63) is 88.3 Å². The quantitative estimate of drug-likeness (QED) is 0.0802. The molecule has 1 fully saturated rings. The van der Waals surface area contributed by atoms with Crippen molar-refractivity contribution in [2.45, 2.75) is 102 Å². The normalized spacial score (nSPS) is 17.1. The van der Waals surface area contributed by atoms with E-state index in [2.05, 4.69) is 73.6 Å². The summed E-state index contributed by atoms with van der Waals surface area (Å²) in [7, 11) is 1.26. The van der Waals surface area contributed by atoms with Gasteiger partial charge in [0.25, 0.3) is 6.17 Å². The Balaban J connectivity index is 1.31. The largest absolute Gasteiger partial charge is 0.504 e. The first-order chi connectivity index (χ1) is 25.9. The van der Waals surface area contributed by atoms with Gasteiger partial charge in [0.15, 0.2) is 19.8 Å². The van der Waals surface area contributed by atoms with E-state index >= 15 is 0 Å². The predicted molar refractivity (Wildman–Crippen MR) is 215 cm³/mol. The van der Waals surface area contributed by atoms with Crippen LogP contribution in [0.1, 0.15) is 75.1 Å². The molecule has 3 aromatic carbocycles. The number of nitrogens with one attached hydrogen (secondary N) is 1. The van der Waals surface area contributed by atoms with E-state index in [9.17, 15) is 9.90 Å². The summed E-state index contributed by atoms with van der Waals surface area (Å²) in [5, 5.41) is 13.9. The molecule has 5 rings (SSSR count). The third-order valence-corrected chi connectivity index (χ3v) is 17.1. The molecule has 2 N–H and O–H groups in total. The zero-order chi connectivity index (χ0) is 39.0. The van der Waals surface area contributed by atoms with Gasteiger partial charge in [-0.05, 0) is 72.1 Å². The molecule has 11 heteroatoms. The van der Waals surface area contributed by atoms with Crippen LogP contribution in [-0.4, -0.2) is 89.9 Å². The van der Waals surface area contributed by atoms with Gasteiger partial charge in [0.2, 0.25) is 0 Å². The van der Waals surface area contributed by atoms with Crippen LogP contribution in [0.2, 0.25) is 17.6 Å². The second kappa shape index (κ2) is 18.5. The van der Waals surface area contributed by atoms with E-state index < -0.39 is 26.6 Å². The van der Waals surface area contributed by atoms with Gasteiger partial charge in [-0.3, -0.25) is 4.85 Å². The smallest absolute Gasteiger partial charge is 0.407 e. The number of benzene rings is 3. The van der Waals surface area contributed by atoms with Gasteiger partial charge in [-0.15, -0.1) is 0 Å². The van der Waals surface area contributed by atoms with Crippen molar-refractivity contribution in [3.63, 3.8) is 0 Å². The van der Waals surface area contributed by atoms with Gasteiger partial charge in [0, 0.05) is 43.2 Å². The topological polar surface area (TPSA) is 103 Å². The lowest BCUT2D eigenvalue weighted by Crippen LogP contribution is -2.56. The summed E-state index contributed by atoms with van der Waals surface area (Å²) in [4.78, 5) is 20.0. The molecular formula is C43H59N3O7Si. The lowest BCUT2D eigenvalue weighted by molar-refractivity contribution is -0.0459. The van der Waals surface area contributed by atoms with Crippen molar-refractivity contribution >= 4 is 14.4 Å². The minimum absolute atomic E-state index is 0.0368. The molecule has 292 valence electrons. The standard InChI is InChI=1S/C43H59N3O7Si/c1-28(2)54(9,29(3)4)53-22-15-14-16-32-26-46(21-23-51-32)42(44-6)38(24-31-25-39(47)41(50-8)30(5)40(31)49-7)45-43(48)52-27-37-35-19-12-10-17-33(35)34-18-11-13-20-36(34)37/h10-13,17-20,25,28-29,32,37-38,42,47H,14-16,21-24,26-27H2,1-5,7-9H3,(H,45,48)/t32-,38?,42+/m0/s1. The molecule has 10 nitrogen and oxygen atoms in total. The highest BCUT2D eigenvalue weighted by Gasteiger charge is 2.40. The molecule has 1 heterocycles. The van der Waals surface area contributed by atoms with Gasteiger partial charge >= 0.3 is 6.09 Å². The van der Waals surface area contributed by atoms with E-state index in [-0.39, 0.29) is 30.8 Å². The summed E-state index contributed by atoms with van der Waals surface area (Å²) >= 11 is 0. The summed E-state index contributed by atoms with van der Waals surface area (Å²) in [5.41, 5.74) is 6.93. The molecule has 1 aliphatic carbocycles. The van der Waals surface area contributed by atoms with E-state index in [1.165, 1.54) is 7.11 Å². The molecular weight excluding hydrogens is 699 g/mol. The fourth-order valence-electron chi connectivity index (χ4n) is 8.13. The van der Waals surface area contributed by atoms with E-state index in [1.807, 2.05) is 31.2 Å². The number of nitrogens with zero attached hydrogens (tertiary/aromatic N) is 2. The first-order valence-electron chi connectivity index (χ1n) is 19.3. The molecule has 1 amide bonds. The molecule has 0 aromatic heterocycles. The molecule has 0 radical (unpaired) electrons. The number of aromatic hydroxyl groups is 1. The summed E-state index contributed by atoms with van der Waals surface area (Å²) in [6.07, 6.45) is 1.62. The van der Waals surface area contributed by atoms with Gasteiger partial charge in [-0.2, -0.15) is 0 Å². The second-order valence-electron chi connectivity index (χ2n) is 15.4. The maximum absolute atomic E-state index is 13.7. The van der Waals surface area contributed by atoms with E-state index in [4.69, 9.17) is 29.9 Å². The van der Waals surface area contributed by atoms with Crippen LogP contribution in [0.4, 0.5) is 4.79 Å². The van der Waals surface area contributed by atoms with Crippen molar-refractivity contribution < 1.29 is 33.3 Å². The predicted octanol–water partition coefficient (Wildman–Crippen LogP) is 8.70. The van der Waals surface area contributed by atoms with E-state index in [0.29, 0.717) is 53.4 Å². The van der Waals surface area contributed by atoms with Crippen LogP contribution in [-0.2, 0) is 20.3 Å². The number of amides is 1. The third-order valence-electron chi connectivity index (χ3n) is 11.7. The van der Waals surface area contributed by atoms with Crippen LogP contribution in [0.5, 0.6) is 17.2 Å². The van der Waals surface area contributed by atoms with Crippen LogP contribution in [0.3, 0.4) is 0 Å². The number of fused-ring (bicyclic) bond motifs is 3. The number of phenols is 1. The zero-order valence-electron chi connectivity index (χ0n) is 33.3. The number of carbonyl (C=O) groups excluding carboxylic acids is 1. The van der Waals surface area contributed by atoms with Crippen LogP contribution < -0.4 is 14.8 Å². The second-order valence-corrected chi connectivity index (χ2v) is 20.4. The average molecular weight is 758 g/mol. The molecule has 1 unspecified atom stereocenters. The van der Waals surface area contributed by atoms with E-state index in [1.54, 1.807) is 13.2 Å². The Labute approximate surface area is 323 Å². The maximum Gasteiger partial charge on any atom is 0.407 e. The van der Waals surface area contributed by atoms with Gasteiger partial charge in [0.05, 0.1) is 26.9 Å². The maximum atomic E-state index is 13.7. The Hall–Kier alpha value is -4.08. The molecule has 3 atom stereocenters. The zero-order valence-corrected chi connectivity index (χ0v) is 34.3. The SMILES string of the molecule is [C-]#[N+][C@@H](C(Cc1cc(O)c(OC)c(C)c1OC)NC(=O)OCC1c2ccccc2-c2ccccc21)N1CCO[C@@H](CCCCO[Si](C)(C(C)C)C(C)C)C1. The van der Waals surface area contributed by atoms with Crippen molar-refractivity contribution in [1.82, 2.24) is 10.2 Å². The minimum Gasteiger partial charge on any atom is -0.504 e. The molecule has 1 aliphatic heterocycles. The van der Waals surface area contributed by atoms with Crippen molar-refractivity contribution in [2.24, 2.45) is 0 Å². The van der Waals surface area contributed by atoms with Gasteiger partial charge in [0.1, 0.15) is 18.4 Å². The monoisotopic (exact) mass is 757 g/mol. The summed E-state index contributed by atoms with van der Waals surface area (Å²) < 4.78 is 29.9. The number of carbonyl (C=O) groups is 1. The highest BCUT2D eigenvalue weighted by atomic mass is 28.4. The molecule has 0 spiro atoms. The fourth-order valence-corrected chi connectivity index (χ4v) is 10.7. The molecule has 54 heavy (non-hydrogen) atoms. The molecule has 2 aliphatic rings. The number of alkyl carbamates (subject to hydrolysis) is 1. The number of unbranched alkanes of at least 4 members (excludes halogenated alkanes) is 1. The number of hydrogen-bond acceptors (Lipinski definition) is 8. The van der Waals surface area contributed by atoms with Crippen molar-refractivity contribution in [1.29, 1.82) is 0 Å². The van der Waals surface area contributed by atoms with Crippen LogP contribution >= 0.6 is 0 Å². The molecule has 0 saturated carbocycles. The summed E-state index contributed by atoms with van der Waals surface area (Å²) in [6, 6.07) is 17.3. The number of methoxy groups -OCH3 is 2. The highest BCUT2D eigenvalue weighted by molar-refractivity contribution is 6.75. The van der Waals surface area contributed by atoms with Crippen molar-refractivity contribution in [2.75, 3.05) is 47.1 Å². The van der Waals surface area contributed by atoms with Crippen LogP contribution in [0, 0.1) is 13.5 Å². The Morgan fingerprint density at radius 1 is 1.02 bits per heavy atom. The van der Waals surface area contributed by atoms with Crippen molar-refractivity contribution in [3.8, 4) is 28.4 Å². The Morgan fingerprint density at radius 3 is 2.24 bits per heavy atom. The Bertz CT molecular complexity index is 1720. The Kier molecular flexibility index (Phi) is 14.1. The number of ether oxygens (including phenoxy) is 4. The summed E-state index contributed by atoms with van der Waals surface area (Å²) in [5.74, 6) is 0.714. The van der Waals surface area contributed by atoms with E-state index in [0.717, 1.165) is 48.1 Å². The number of phenolic OH excluding ortho intramolecular Hbond substituents is 1. The fraction of sp³-hybridized carbons (Fsp3) is 0.535. The minimum atomic E-state index is -1.80. The number of morpholine rings is 1. The lowest BCUT2D eigenvalue weighted by Gasteiger charge is -2.36. The lowest BCUT2D eigenvalue weighted by atomic mass is 9.98. The third kappa shape index (κ3) is 9.06. The number of rotatable bonds is 17. The average Bonchev–Trinajstić information content (AvgIpc) is 3.47. The Morgan fingerprint density at radius 2 is 1.65 bits per heavy atom. The van der Waals surface area contributed by atoms with Crippen LogP contribution in [0.15, 0.2) is 54.6 Å². The van der Waals surface area contributed by atoms with Gasteiger partial charge in [-0.1, -0.05) is 76.2 Å². The summed E-state index contributed by atoms with van der Waals surface area (Å²) in [6.45, 7) is 24.2. The first-order valence-corrected chi connectivity index (χ1v) is 21.9. The molecule has 1 saturated heterocycles. The van der Waals surface area contributed by atoms with Crippen LogP contribution in [0.25, 0.3) is 16.0 Å². The first kappa shape index (κ1) is 41.1. The van der Waals surface area contributed by atoms with Gasteiger partial charge in [-0.25, -0.2) is 16.3 Å². The number of hydrogen-bond donors (Lipinski definition) is 2. The molecule has 3 aromatic rings. The molecule has 0 bridgehead atoms.